The largest absolute Gasteiger partial charge is 0.474 e. The minimum absolute atomic E-state index is 0.295. The van der Waals surface area contributed by atoms with E-state index >= 15 is 0 Å². The molecule has 114 valence electrons. The van der Waals surface area contributed by atoms with Crippen LogP contribution in [-0.4, -0.2) is 26.1 Å². The molecule has 1 aromatic rings. The van der Waals surface area contributed by atoms with Crippen molar-refractivity contribution in [2.75, 3.05) is 20.8 Å². The summed E-state index contributed by atoms with van der Waals surface area (Å²) in [5.41, 5.74) is 1.17. The van der Waals surface area contributed by atoms with Crippen LogP contribution in [0.5, 0.6) is 0 Å². The second-order valence-electron chi connectivity index (χ2n) is 4.23. The molecule has 0 aliphatic carbocycles. The third kappa shape index (κ3) is 6.20. The molecule has 0 saturated heterocycles. The van der Waals surface area contributed by atoms with Crippen LogP contribution in [0.1, 0.15) is 19.4 Å². The Morgan fingerprint density at radius 3 is 2.45 bits per heavy atom. The highest BCUT2D eigenvalue weighted by molar-refractivity contribution is 8.76. The Hall–Kier alpha value is 0.0300. The second kappa shape index (κ2) is 9.13. The van der Waals surface area contributed by atoms with E-state index in [0.29, 0.717) is 18.3 Å². The van der Waals surface area contributed by atoms with E-state index in [0.717, 1.165) is 0 Å². The van der Waals surface area contributed by atoms with Crippen molar-refractivity contribution in [2.45, 2.75) is 30.4 Å². The van der Waals surface area contributed by atoms with Crippen LogP contribution < -0.4 is 0 Å². The summed E-state index contributed by atoms with van der Waals surface area (Å²) >= 11 is 0. The average Bonchev–Trinajstić information content (AvgIpc) is 2.46. The molecule has 1 rings (SSSR count). The van der Waals surface area contributed by atoms with Gasteiger partial charge in [-0.2, -0.15) is 0 Å². The van der Waals surface area contributed by atoms with E-state index < -0.39 is 7.82 Å². The Kier molecular flexibility index (Phi) is 8.25. The van der Waals surface area contributed by atoms with Gasteiger partial charge in [-0.1, -0.05) is 53.6 Å². The molecule has 0 N–H and O–H groups in total. The van der Waals surface area contributed by atoms with Gasteiger partial charge < -0.3 is 0 Å². The average molecular weight is 336 g/mol. The van der Waals surface area contributed by atoms with E-state index in [-0.39, 0.29) is 0 Å². The molecule has 0 spiro atoms. The zero-order chi connectivity index (χ0) is 15.0. The fourth-order valence-electron chi connectivity index (χ4n) is 1.39. The molecule has 0 heterocycles. The first kappa shape index (κ1) is 18.1. The molecule has 20 heavy (non-hydrogen) atoms. The van der Waals surface area contributed by atoms with Crippen LogP contribution in [-0.2, 0) is 24.6 Å². The predicted octanol–water partition coefficient (Wildman–Crippen LogP) is 4.80. The molecule has 0 amide bonds. The first-order chi connectivity index (χ1) is 9.50. The molecule has 0 atom stereocenters. The highest BCUT2D eigenvalue weighted by atomic mass is 33.1. The van der Waals surface area contributed by atoms with Gasteiger partial charge in [-0.15, -0.1) is 0 Å². The number of hydrogen-bond acceptors (Lipinski definition) is 6. The summed E-state index contributed by atoms with van der Waals surface area (Å²) in [6, 6.07) is 8.15. The Balaban J connectivity index is 2.57. The van der Waals surface area contributed by atoms with Crippen molar-refractivity contribution >= 4 is 29.4 Å². The van der Waals surface area contributed by atoms with Gasteiger partial charge in [0, 0.05) is 24.4 Å². The minimum atomic E-state index is -3.38. The van der Waals surface area contributed by atoms with E-state index in [9.17, 15) is 4.57 Å². The van der Waals surface area contributed by atoms with Gasteiger partial charge in [0.25, 0.3) is 0 Å². The lowest BCUT2D eigenvalue weighted by atomic mass is 10.2. The molecule has 0 fully saturated rings. The van der Waals surface area contributed by atoms with Gasteiger partial charge in [0.1, 0.15) is 0 Å². The molecular formula is C13H21O4PS2. The Morgan fingerprint density at radius 2 is 1.85 bits per heavy atom. The molecule has 0 aliphatic rings. The number of phosphoric ester groups is 1. The van der Waals surface area contributed by atoms with Crippen molar-refractivity contribution < 1.29 is 18.1 Å². The summed E-state index contributed by atoms with van der Waals surface area (Å²) < 4.78 is 26.4. The van der Waals surface area contributed by atoms with Crippen LogP contribution >= 0.6 is 29.4 Å². The Bertz CT molecular complexity index is 446. The zero-order valence-electron chi connectivity index (χ0n) is 12.2. The fourth-order valence-corrected chi connectivity index (χ4v) is 4.15. The first-order valence-electron chi connectivity index (χ1n) is 6.28. The normalized spacial score (nSPS) is 12.1. The number of benzene rings is 1. The van der Waals surface area contributed by atoms with Gasteiger partial charge in [-0.25, -0.2) is 4.57 Å². The molecule has 0 unspecified atom stereocenters. The summed E-state index contributed by atoms with van der Waals surface area (Å²) in [6.45, 7) is 4.62. The second-order valence-corrected chi connectivity index (χ2v) is 8.93. The highest BCUT2D eigenvalue weighted by Gasteiger charge is 2.22. The smallest absolute Gasteiger partial charge is 0.290 e. The molecule has 0 bridgehead atoms. The summed E-state index contributed by atoms with van der Waals surface area (Å²) in [7, 11) is 2.82. The zero-order valence-corrected chi connectivity index (χ0v) is 14.7. The maximum Gasteiger partial charge on any atom is 0.474 e. The fraction of sp³-hybridized carbons (Fsp3) is 0.538. The summed E-state index contributed by atoms with van der Waals surface area (Å²) in [6.07, 6.45) is 0.665. The molecule has 0 aromatic heterocycles. The van der Waals surface area contributed by atoms with Gasteiger partial charge in [0.2, 0.25) is 0 Å². The highest BCUT2D eigenvalue weighted by Crippen LogP contribution is 2.47. The summed E-state index contributed by atoms with van der Waals surface area (Å²) in [5.74, 6) is 0. The van der Waals surface area contributed by atoms with Crippen LogP contribution in [0, 0.1) is 0 Å². The Labute approximate surface area is 129 Å². The molecule has 1 aromatic carbocycles. The number of phosphoric acid groups is 1. The van der Waals surface area contributed by atoms with E-state index in [4.69, 9.17) is 13.6 Å². The van der Waals surface area contributed by atoms with E-state index in [1.54, 1.807) is 10.8 Å². The molecule has 4 nitrogen and oxygen atoms in total. The van der Waals surface area contributed by atoms with Gasteiger partial charge >= 0.3 is 7.82 Å². The SMILES string of the molecule is COP(=O)(OC)OCCc1ccccc1SSC(C)C. The van der Waals surface area contributed by atoms with Gasteiger partial charge in [0.05, 0.1) is 6.61 Å². The Morgan fingerprint density at radius 1 is 1.20 bits per heavy atom. The van der Waals surface area contributed by atoms with Crippen LogP contribution in [0.25, 0.3) is 0 Å². The molecule has 0 aliphatic heterocycles. The number of hydrogen-bond donors (Lipinski definition) is 0. The molecule has 0 saturated carbocycles. The van der Waals surface area contributed by atoms with Gasteiger partial charge in [0.15, 0.2) is 0 Å². The first-order valence-corrected chi connectivity index (χ1v) is 9.95. The van der Waals surface area contributed by atoms with Crippen molar-refractivity contribution in [3.63, 3.8) is 0 Å². The summed E-state index contributed by atoms with van der Waals surface area (Å²) in [5, 5.41) is 0.562. The van der Waals surface area contributed by atoms with E-state index in [1.807, 2.05) is 22.9 Å². The topological polar surface area (TPSA) is 44.8 Å². The molecule has 0 radical (unpaired) electrons. The monoisotopic (exact) mass is 336 g/mol. The van der Waals surface area contributed by atoms with Crippen LogP contribution in [0.4, 0.5) is 0 Å². The van der Waals surface area contributed by atoms with Crippen LogP contribution in [0.15, 0.2) is 29.2 Å². The van der Waals surface area contributed by atoms with Crippen molar-refractivity contribution in [1.29, 1.82) is 0 Å². The predicted molar refractivity (Wildman–Crippen MR) is 86.3 cm³/mol. The summed E-state index contributed by atoms with van der Waals surface area (Å²) in [4.78, 5) is 1.21. The van der Waals surface area contributed by atoms with Crippen molar-refractivity contribution in [3.8, 4) is 0 Å². The third-order valence-corrected chi connectivity index (χ3v) is 6.81. The van der Waals surface area contributed by atoms with Crippen molar-refractivity contribution in [2.24, 2.45) is 0 Å². The van der Waals surface area contributed by atoms with Crippen LogP contribution in [0.3, 0.4) is 0 Å². The van der Waals surface area contributed by atoms with Crippen molar-refractivity contribution in [3.05, 3.63) is 29.8 Å². The maximum atomic E-state index is 11.8. The minimum Gasteiger partial charge on any atom is -0.290 e. The lowest BCUT2D eigenvalue weighted by Gasteiger charge is -2.14. The van der Waals surface area contributed by atoms with E-state index in [2.05, 4.69) is 26.0 Å². The number of rotatable bonds is 9. The quantitative estimate of drug-likeness (QED) is 0.477. The standard InChI is InChI=1S/C13H21O4PS2/c1-11(2)19-20-13-8-6-5-7-12(13)9-10-17-18(14,15-3)16-4/h5-8,11H,9-10H2,1-4H3. The lowest BCUT2D eigenvalue weighted by molar-refractivity contribution is 0.153. The third-order valence-electron chi connectivity index (χ3n) is 2.37. The maximum absolute atomic E-state index is 11.8. The molecule has 7 heteroatoms. The molecular weight excluding hydrogens is 315 g/mol. The van der Waals surface area contributed by atoms with Gasteiger partial charge in [-0.05, 0) is 18.1 Å². The van der Waals surface area contributed by atoms with E-state index in [1.165, 1.54) is 24.7 Å². The van der Waals surface area contributed by atoms with Crippen LogP contribution in [0.2, 0.25) is 0 Å². The lowest BCUT2D eigenvalue weighted by Crippen LogP contribution is -2.01. The van der Waals surface area contributed by atoms with Gasteiger partial charge in [-0.3, -0.25) is 13.6 Å². The van der Waals surface area contributed by atoms with Crippen molar-refractivity contribution in [1.82, 2.24) is 0 Å².